The van der Waals surface area contributed by atoms with Gasteiger partial charge in [-0.2, -0.15) is 5.10 Å². The van der Waals surface area contributed by atoms with Gasteiger partial charge in [-0.25, -0.2) is 14.5 Å². The lowest BCUT2D eigenvalue weighted by atomic mass is 9.88. The summed E-state index contributed by atoms with van der Waals surface area (Å²) in [4.78, 5) is 28.2. The second-order valence-electron chi connectivity index (χ2n) is 7.67. The Hall–Kier alpha value is -2.94. The fourth-order valence-corrected chi connectivity index (χ4v) is 3.50. The van der Waals surface area contributed by atoms with E-state index in [-0.39, 0.29) is 11.9 Å². The second-order valence-corrected chi connectivity index (χ2v) is 7.67. The number of rotatable bonds is 8. The van der Waals surface area contributed by atoms with Crippen molar-refractivity contribution in [3.63, 3.8) is 0 Å². The monoisotopic (exact) mass is 414 g/mol. The maximum atomic E-state index is 12.3. The third-order valence-electron chi connectivity index (χ3n) is 5.38. The van der Waals surface area contributed by atoms with Crippen LogP contribution in [-0.2, 0) is 9.53 Å². The van der Waals surface area contributed by atoms with Crippen LogP contribution in [0.25, 0.3) is 0 Å². The van der Waals surface area contributed by atoms with Gasteiger partial charge in [-0.3, -0.25) is 4.79 Å². The zero-order valence-corrected chi connectivity index (χ0v) is 17.5. The molecule has 162 valence electrons. The van der Waals surface area contributed by atoms with E-state index in [0.717, 1.165) is 6.42 Å². The van der Waals surface area contributed by atoms with Crippen LogP contribution in [0.2, 0.25) is 0 Å². The van der Waals surface area contributed by atoms with Crippen LogP contribution in [0.5, 0.6) is 0 Å². The van der Waals surface area contributed by atoms with Crippen molar-refractivity contribution in [2.75, 3.05) is 23.8 Å². The summed E-state index contributed by atoms with van der Waals surface area (Å²) in [5.41, 5.74) is 1.27. The Morgan fingerprint density at radius 2 is 1.87 bits per heavy atom. The molecular formula is C21H30N6O3. The highest BCUT2D eigenvalue weighted by Crippen LogP contribution is 2.26. The predicted octanol–water partition coefficient (Wildman–Crippen LogP) is 3.19. The normalized spacial score (nSPS) is 19.7. The van der Waals surface area contributed by atoms with Gasteiger partial charge in [-0.15, -0.1) is 0 Å². The predicted molar refractivity (Wildman–Crippen MR) is 114 cm³/mol. The molecule has 1 aliphatic rings. The lowest BCUT2D eigenvalue weighted by Gasteiger charge is -2.28. The largest absolute Gasteiger partial charge is 0.376 e. The third-order valence-corrected chi connectivity index (χ3v) is 5.38. The Labute approximate surface area is 176 Å². The molecule has 1 aromatic heterocycles. The van der Waals surface area contributed by atoms with Gasteiger partial charge >= 0.3 is 6.03 Å². The molecule has 2 aromatic rings. The quantitative estimate of drug-likeness (QED) is 0.575. The molecule has 1 saturated carbocycles. The van der Waals surface area contributed by atoms with Gasteiger partial charge in [-0.05, 0) is 49.9 Å². The molecule has 0 aliphatic heterocycles. The van der Waals surface area contributed by atoms with Crippen molar-refractivity contribution in [2.45, 2.75) is 51.7 Å². The Kier molecular flexibility index (Phi) is 7.78. The zero-order valence-electron chi connectivity index (χ0n) is 17.5. The average molecular weight is 415 g/mol. The number of anilines is 2. The Balaban J connectivity index is 1.37. The number of urea groups is 1. The number of hydrogen-bond acceptors (Lipinski definition) is 5. The molecule has 0 spiro atoms. The molecule has 0 radical (unpaired) electrons. The minimum Gasteiger partial charge on any atom is -0.376 e. The van der Waals surface area contributed by atoms with Gasteiger partial charge in [0, 0.05) is 17.9 Å². The number of carbonyl (C=O) groups is 2. The van der Waals surface area contributed by atoms with Crippen LogP contribution in [0.3, 0.4) is 0 Å². The first-order chi connectivity index (χ1) is 14.5. The first-order valence-corrected chi connectivity index (χ1v) is 10.4. The summed E-state index contributed by atoms with van der Waals surface area (Å²) in [5.74, 6) is 0.386. The van der Waals surface area contributed by atoms with Crippen LogP contribution in [0.15, 0.2) is 36.9 Å². The topological polar surface area (TPSA) is 110 Å². The maximum Gasteiger partial charge on any atom is 0.319 e. The molecule has 30 heavy (non-hydrogen) atoms. The Morgan fingerprint density at radius 1 is 1.17 bits per heavy atom. The van der Waals surface area contributed by atoms with Crippen LogP contribution < -0.4 is 16.0 Å². The number of nitrogens with one attached hydrogen (secondary N) is 3. The molecule has 9 nitrogen and oxygen atoms in total. The molecule has 0 bridgehead atoms. The van der Waals surface area contributed by atoms with E-state index >= 15 is 0 Å². The van der Waals surface area contributed by atoms with Crippen LogP contribution in [0.4, 0.5) is 16.2 Å². The number of aromatic nitrogens is 3. The van der Waals surface area contributed by atoms with E-state index in [0.29, 0.717) is 36.5 Å². The van der Waals surface area contributed by atoms with Gasteiger partial charge in [0.2, 0.25) is 5.91 Å². The number of nitrogens with zero attached hydrogens (tertiary/aromatic N) is 3. The molecule has 3 atom stereocenters. The summed E-state index contributed by atoms with van der Waals surface area (Å²) in [6, 6.07) is 6.16. The van der Waals surface area contributed by atoms with Gasteiger partial charge in [0.25, 0.3) is 0 Å². The SMILES string of the molecule is CC1CCCCC1OCCNC(=O)Nc1ccc(NC(=O)C(C)n2cncn2)cc1. The molecular weight excluding hydrogens is 384 g/mol. The highest BCUT2D eigenvalue weighted by molar-refractivity contribution is 5.94. The number of carbonyl (C=O) groups excluding carboxylic acids is 2. The Morgan fingerprint density at radius 3 is 2.53 bits per heavy atom. The molecule has 0 saturated heterocycles. The second kappa shape index (κ2) is 10.7. The van der Waals surface area contributed by atoms with Gasteiger partial charge in [-0.1, -0.05) is 19.8 Å². The number of hydrogen-bond donors (Lipinski definition) is 3. The van der Waals surface area contributed by atoms with E-state index in [4.69, 9.17) is 4.74 Å². The fraction of sp³-hybridized carbons (Fsp3) is 0.524. The third kappa shape index (κ3) is 6.28. The number of ether oxygens (including phenoxy) is 1. The van der Waals surface area contributed by atoms with E-state index in [2.05, 4.69) is 33.0 Å². The van der Waals surface area contributed by atoms with E-state index < -0.39 is 6.04 Å². The average Bonchev–Trinajstić information content (AvgIpc) is 3.28. The summed E-state index contributed by atoms with van der Waals surface area (Å²) in [6.07, 6.45) is 8.01. The van der Waals surface area contributed by atoms with Crippen LogP contribution >= 0.6 is 0 Å². The van der Waals surface area contributed by atoms with Gasteiger partial charge in [0.05, 0.1) is 12.7 Å². The molecule has 3 amide bonds. The van der Waals surface area contributed by atoms with Crippen molar-refractivity contribution in [1.29, 1.82) is 0 Å². The van der Waals surface area contributed by atoms with Crippen molar-refractivity contribution in [2.24, 2.45) is 5.92 Å². The fourth-order valence-electron chi connectivity index (χ4n) is 3.50. The molecule has 3 unspecified atom stereocenters. The summed E-state index contributed by atoms with van der Waals surface area (Å²) < 4.78 is 7.38. The van der Waals surface area contributed by atoms with Crippen LogP contribution in [-0.4, -0.2) is 46.0 Å². The lowest BCUT2D eigenvalue weighted by Crippen LogP contribution is -2.34. The van der Waals surface area contributed by atoms with Crippen molar-refractivity contribution < 1.29 is 14.3 Å². The van der Waals surface area contributed by atoms with Crippen molar-refractivity contribution in [3.8, 4) is 0 Å². The molecule has 1 fully saturated rings. The van der Waals surface area contributed by atoms with Crippen molar-refractivity contribution in [3.05, 3.63) is 36.9 Å². The highest BCUT2D eigenvalue weighted by Gasteiger charge is 2.21. The standard InChI is InChI=1S/C21H30N6O3/c1-15-5-3-4-6-19(15)30-12-11-23-21(29)26-18-9-7-17(8-10-18)25-20(28)16(2)27-14-22-13-24-27/h7-10,13-16,19H,3-6,11-12H2,1-2H3,(H,25,28)(H2,23,26,29). The lowest BCUT2D eigenvalue weighted by molar-refractivity contribution is -0.119. The van der Waals surface area contributed by atoms with Gasteiger partial charge in [0.1, 0.15) is 18.7 Å². The molecule has 9 heteroatoms. The van der Waals surface area contributed by atoms with E-state index in [9.17, 15) is 9.59 Å². The first kappa shape index (κ1) is 21.8. The minimum atomic E-state index is -0.477. The van der Waals surface area contributed by atoms with Crippen LogP contribution in [0.1, 0.15) is 45.6 Å². The van der Waals surface area contributed by atoms with Crippen molar-refractivity contribution in [1.82, 2.24) is 20.1 Å². The van der Waals surface area contributed by atoms with Gasteiger partial charge in [0.15, 0.2) is 0 Å². The molecule has 1 aliphatic carbocycles. The molecule has 3 N–H and O–H groups in total. The maximum absolute atomic E-state index is 12.3. The summed E-state index contributed by atoms with van der Waals surface area (Å²) in [5, 5.41) is 12.4. The van der Waals surface area contributed by atoms with Gasteiger partial charge < -0.3 is 20.7 Å². The number of amides is 3. The number of benzene rings is 1. The molecule has 1 aromatic carbocycles. The summed E-state index contributed by atoms with van der Waals surface area (Å²) in [6.45, 7) is 4.94. The highest BCUT2D eigenvalue weighted by atomic mass is 16.5. The summed E-state index contributed by atoms with van der Waals surface area (Å²) >= 11 is 0. The van der Waals surface area contributed by atoms with Crippen LogP contribution in [0, 0.1) is 5.92 Å². The van der Waals surface area contributed by atoms with Crippen molar-refractivity contribution >= 4 is 23.3 Å². The smallest absolute Gasteiger partial charge is 0.319 e. The zero-order chi connectivity index (χ0) is 21.3. The first-order valence-electron chi connectivity index (χ1n) is 10.4. The van der Waals surface area contributed by atoms with E-state index in [1.54, 1.807) is 31.2 Å². The van der Waals surface area contributed by atoms with E-state index in [1.165, 1.54) is 36.6 Å². The molecule has 1 heterocycles. The Bertz CT molecular complexity index is 809. The summed E-state index contributed by atoms with van der Waals surface area (Å²) in [7, 11) is 0. The van der Waals surface area contributed by atoms with E-state index in [1.807, 2.05) is 0 Å². The molecule has 3 rings (SSSR count). The minimum absolute atomic E-state index is 0.203.